The molecule has 152 valence electrons. The topological polar surface area (TPSA) is 77.8 Å². The van der Waals surface area contributed by atoms with Crippen LogP contribution in [0.25, 0.3) is 17.2 Å². The van der Waals surface area contributed by atoms with Gasteiger partial charge in [-0.15, -0.1) is 11.3 Å². The number of amides is 1. The summed E-state index contributed by atoms with van der Waals surface area (Å²) in [5.74, 6) is -0.889. The summed E-state index contributed by atoms with van der Waals surface area (Å²) in [6.45, 7) is 0.494. The molecule has 0 radical (unpaired) electrons. The molecule has 3 rings (SSSR count). The number of hydrogen-bond acceptors (Lipinski definition) is 6. The molecule has 1 aliphatic heterocycles. The molecule has 0 saturated carbocycles. The van der Waals surface area contributed by atoms with Gasteiger partial charge in [0, 0.05) is 17.8 Å². The van der Waals surface area contributed by atoms with Crippen LogP contribution in [0.3, 0.4) is 0 Å². The molecule has 8 heteroatoms. The summed E-state index contributed by atoms with van der Waals surface area (Å²) >= 11 is 8.19. The maximum absolute atomic E-state index is 12.7. The molecule has 2 aromatic rings. The first-order valence-electron chi connectivity index (χ1n) is 9.24. The van der Waals surface area contributed by atoms with E-state index in [2.05, 4.69) is 0 Å². The number of aliphatic hydroxyl groups is 1. The summed E-state index contributed by atoms with van der Waals surface area (Å²) in [7, 11) is 0. The van der Waals surface area contributed by atoms with E-state index in [9.17, 15) is 14.7 Å². The average molecular weight is 448 g/mol. The van der Waals surface area contributed by atoms with E-state index in [4.69, 9.17) is 17.3 Å². The second kappa shape index (κ2) is 10.2. The number of thiophene rings is 1. The molecule has 0 bridgehead atoms. The number of nitrogens with zero attached hydrogens (tertiary/aromatic N) is 1. The van der Waals surface area contributed by atoms with Crippen molar-refractivity contribution in [3.63, 3.8) is 0 Å². The molecule has 1 amide bonds. The van der Waals surface area contributed by atoms with Gasteiger partial charge < -0.3 is 10.2 Å². The van der Waals surface area contributed by atoms with E-state index in [0.717, 1.165) is 34.4 Å². The van der Waals surface area contributed by atoms with Gasteiger partial charge in [0.15, 0.2) is 0 Å². The van der Waals surface area contributed by atoms with Crippen molar-refractivity contribution in [1.29, 1.82) is 0 Å². The molecule has 1 aliphatic rings. The highest BCUT2D eigenvalue weighted by atomic mass is 32.2. The van der Waals surface area contributed by atoms with Crippen LogP contribution >= 0.6 is 35.3 Å². The van der Waals surface area contributed by atoms with Gasteiger partial charge in [0.25, 0.3) is 5.91 Å². The van der Waals surface area contributed by atoms with Crippen LogP contribution in [0.1, 0.15) is 36.1 Å². The van der Waals surface area contributed by atoms with Gasteiger partial charge in [-0.05, 0) is 47.1 Å². The highest BCUT2D eigenvalue weighted by Gasteiger charge is 2.31. The third-order valence-corrected chi connectivity index (χ3v) is 6.80. The maximum atomic E-state index is 12.7. The van der Waals surface area contributed by atoms with Gasteiger partial charge in [-0.1, -0.05) is 54.7 Å². The number of carbonyl (C=O) groups is 2. The molecule has 1 aromatic heterocycles. The fourth-order valence-electron chi connectivity index (χ4n) is 3.05. The Morgan fingerprint density at radius 3 is 2.76 bits per heavy atom. The number of carbonyl (C=O) groups excluding carboxylic acids is 1. The molecule has 0 atom stereocenters. The lowest BCUT2D eigenvalue weighted by Gasteiger charge is -2.13. The van der Waals surface area contributed by atoms with Crippen LogP contribution in [0.5, 0.6) is 0 Å². The van der Waals surface area contributed by atoms with E-state index >= 15 is 0 Å². The molecule has 2 N–H and O–H groups in total. The Kier molecular flexibility index (Phi) is 7.60. The maximum Gasteiger partial charge on any atom is 0.303 e. The largest absolute Gasteiger partial charge is 0.481 e. The van der Waals surface area contributed by atoms with Crippen molar-refractivity contribution in [2.45, 2.75) is 32.3 Å². The van der Waals surface area contributed by atoms with Gasteiger partial charge in [-0.3, -0.25) is 14.5 Å². The molecule has 2 heterocycles. The Balaban J connectivity index is 1.65. The Hall–Kier alpha value is -2.00. The molecule has 1 fully saturated rings. The van der Waals surface area contributed by atoms with Crippen LogP contribution in [-0.4, -0.2) is 37.9 Å². The summed E-state index contributed by atoms with van der Waals surface area (Å²) in [6, 6.07) is 9.72. The van der Waals surface area contributed by atoms with Gasteiger partial charge >= 0.3 is 5.97 Å². The molecule has 29 heavy (non-hydrogen) atoms. The molecule has 1 aromatic carbocycles. The van der Waals surface area contributed by atoms with Gasteiger partial charge in [0.1, 0.15) is 4.32 Å². The third-order valence-electron chi connectivity index (χ3n) is 4.54. The second-order valence-corrected chi connectivity index (χ2v) is 9.21. The Labute approximate surface area is 183 Å². The zero-order valence-electron chi connectivity index (χ0n) is 15.7. The normalized spacial score (nSPS) is 15.5. The van der Waals surface area contributed by atoms with Crippen LogP contribution in [0, 0.1) is 0 Å². The fourth-order valence-corrected chi connectivity index (χ4v) is 5.27. The molecular formula is C21H21NO4S3. The lowest BCUT2D eigenvalue weighted by Crippen LogP contribution is -2.29. The number of rotatable bonds is 9. The molecule has 1 saturated heterocycles. The van der Waals surface area contributed by atoms with Gasteiger partial charge in [-0.25, -0.2) is 0 Å². The second-order valence-electron chi connectivity index (χ2n) is 6.59. The first-order chi connectivity index (χ1) is 14.0. The predicted octanol–water partition coefficient (Wildman–Crippen LogP) is 4.75. The van der Waals surface area contributed by atoms with Crippen molar-refractivity contribution < 1.29 is 19.8 Å². The van der Waals surface area contributed by atoms with Crippen molar-refractivity contribution >= 4 is 57.6 Å². The smallest absolute Gasteiger partial charge is 0.303 e. The number of thioether (sulfide) groups is 1. The quantitative estimate of drug-likeness (QED) is 0.328. The van der Waals surface area contributed by atoms with Crippen LogP contribution in [0.2, 0.25) is 0 Å². The minimum Gasteiger partial charge on any atom is -0.481 e. The number of benzene rings is 1. The van der Waals surface area contributed by atoms with Gasteiger partial charge in [0.2, 0.25) is 0 Å². The zero-order valence-corrected chi connectivity index (χ0v) is 18.1. The van der Waals surface area contributed by atoms with Crippen molar-refractivity contribution in [3.05, 3.63) is 51.1 Å². The molecule has 0 aliphatic carbocycles. The van der Waals surface area contributed by atoms with Crippen LogP contribution in [0.15, 0.2) is 40.6 Å². The monoisotopic (exact) mass is 447 g/mol. The molecular weight excluding hydrogens is 426 g/mol. The average Bonchev–Trinajstić information content (AvgIpc) is 3.27. The standard InChI is InChI=1S/C21H21NO4S3/c23-12-14-6-3-4-7-17(14)15-10-16(28-13-15)11-18-20(26)22(21(27)29-18)9-5-1-2-8-19(24)25/h3-4,6-7,10-11,13,23H,1-2,5,8-9,12H2,(H,24,25). The third kappa shape index (κ3) is 5.54. The van der Waals surface area contributed by atoms with Crippen molar-refractivity contribution in [2.24, 2.45) is 0 Å². The van der Waals surface area contributed by atoms with Crippen molar-refractivity contribution in [2.75, 3.05) is 6.54 Å². The summed E-state index contributed by atoms with van der Waals surface area (Å²) < 4.78 is 0.543. The summed E-state index contributed by atoms with van der Waals surface area (Å²) in [5.41, 5.74) is 2.87. The molecule has 5 nitrogen and oxygen atoms in total. The van der Waals surface area contributed by atoms with Gasteiger partial charge in [-0.2, -0.15) is 0 Å². The highest BCUT2D eigenvalue weighted by molar-refractivity contribution is 8.26. The lowest BCUT2D eigenvalue weighted by molar-refractivity contribution is -0.137. The summed E-state index contributed by atoms with van der Waals surface area (Å²) in [5, 5.41) is 20.2. The van der Waals surface area contributed by atoms with Crippen LogP contribution < -0.4 is 0 Å². The van der Waals surface area contributed by atoms with E-state index in [0.29, 0.717) is 22.2 Å². The summed E-state index contributed by atoms with van der Waals surface area (Å²) in [6.07, 6.45) is 4.10. The van der Waals surface area contributed by atoms with E-state index in [-0.39, 0.29) is 18.9 Å². The van der Waals surface area contributed by atoms with Gasteiger partial charge in [0.05, 0.1) is 11.5 Å². The minimum atomic E-state index is -0.796. The van der Waals surface area contributed by atoms with Crippen LogP contribution in [0.4, 0.5) is 0 Å². The zero-order chi connectivity index (χ0) is 20.8. The van der Waals surface area contributed by atoms with E-state index in [1.165, 1.54) is 11.8 Å². The number of unbranched alkanes of at least 4 members (excludes halogenated alkanes) is 2. The van der Waals surface area contributed by atoms with E-state index in [1.54, 1.807) is 16.2 Å². The Bertz CT molecular complexity index is 951. The number of aliphatic carboxylic acids is 1. The minimum absolute atomic E-state index is 0.0214. The first kappa shape index (κ1) is 21.7. The number of thiocarbonyl (C=S) groups is 1. The molecule has 0 spiro atoms. The van der Waals surface area contributed by atoms with Crippen LogP contribution in [-0.2, 0) is 16.2 Å². The Morgan fingerprint density at radius 1 is 1.21 bits per heavy atom. The SMILES string of the molecule is O=C(O)CCCCCN1C(=O)C(=Cc2cc(-c3ccccc3CO)cs2)SC1=S. The van der Waals surface area contributed by atoms with E-state index in [1.807, 2.05) is 41.8 Å². The fraction of sp³-hybridized carbons (Fsp3) is 0.286. The Morgan fingerprint density at radius 2 is 2.00 bits per heavy atom. The number of hydrogen-bond donors (Lipinski definition) is 2. The molecule has 0 unspecified atom stereocenters. The van der Waals surface area contributed by atoms with Crippen molar-refractivity contribution in [3.8, 4) is 11.1 Å². The predicted molar refractivity (Wildman–Crippen MR) is 122 cm³/mol. The lowest BCUT2D eigenvalue weighted by atomic mass is 10.0. The first-order valence-corrected chi connectivity index (χ1v) is 11.3. The summed E-state index contributed by atoms with van der Waals surface area (Å²) in [4.78, 5) is 26.4. The van der Waals surface area contributed by atoms with E-state index < -0.39 is 5.97 Å². The van der Waals surface area contributed by atoms with Crippen molar-refractivity contribution in [1.82, 2.24) is 4.90 Å². The number of carboxylic acids is 1. The highest BCUT2D eigenvalue weighted by Crippen LogP contribution is 2.35. The number of aliphatic hydroxyl groups excluding tert-OH is 1. The number of carboxylic acid groups (broad SMARTS) is 1.